The molecule has 20 heavy (non-hydrogen) atoms. The summed E-state index contributed by atoms with van der Waals surface area (Å²) in [5, 5.41) is 13.8. The van der Waals surface area contributed by atoms with Gasteiger partial charge in [0.25, 0.3) is 0 Å². The van der Waals surface area contributed by atoms with Crippen LogP contribution in [0.3, 0.4) is 0 Å². The quantitative estimate of drug-likeness (QED) is 0.908. The van der Waals surface area contributed by atoms with Crippen molar-refractivity contribution in [1.82, 2.24) is 9.36 Å². The maximum absolute atomic E-state index is 9.76. The number of rotatable bonds is 4. The molecule has 0 bridgehead atoms. The average Bonchev–Trinajstić information content (AvgIpc) is 2.88. The average molecular weight is 291 g/mol. The Balaban J connectivity index is 2.25. The van der Waals surface area contributed by atoms with Gasteiger partial charge in [0.2, 0.25) is 5.13 Å². The van der Waals surface area contributed by atoms with Gasteiger partial charge < -0.3 is 10.4 Å². The molecule has 1 heterocycles. The third-order valence-electron chi connectivity index (χ3n) is 3.21. The van der Waals surface area contributed by atoms with Crippen molar-refractivity contribution in [2.45, 2.75) is 38.6 Å². The van der Waals surface area contributed by atoms with Gasteiger partial charge in [-0.2, -0.15) is 4.37 Å². The van der Waals surface area contributed by atoms with Gasteiger partial charge in [0.1, 0.15) is 5.82 Å². The van der Waals surface area contributed by atoms with E-state index in [0.717, 1.165) is 16.5 Å². The van der Waals surface area contributed by atoms with Crippen molar-refractivity contribution in [3.63, 3.8) is 0 Å². The minimum absolute atomic E-state index is 0.0125. The third-order valence-corrected chi connectivity index (χ3v) is 3.84. The highest BCUT2D eigenvalue weighted by atomic mass is 32.1. The van der Waals surface area contributed by atoms with Crippen molar-refractivity contribution in [3.05, 3.63) is 41.7 Å². The third kappa shape index (κ3) is 3.16. The zero-order valence-electron chi connectivity index (χ0n) is 12.3. The second kappa shape index (κ2) is 5.50. The van der Waals surface area contributed by atoms with Crippen LogP contribution in [0.1, 0.15) is 39.1 Å². The molecule has 5 heteroatoms. The van der Waals surface area contributed by atoms with E-state index in [1.165, 1.54) is 11.5 Å². The normalized spacial score (nSPS) is 14.8. The minimum atomic E-state index is -0.560. The summed E-state index contributed by atoms with van der Waals surface area (Å²) in [6, 6.07) is 9.88. The van der Waals surface area contributed by atoms with E-state index >= 15 is 0 Å². The first kappa shape index (κ1) is 14.9. The van der Waals surface area contributed by atoms with Crippen LogP contribution in [0.15, 0.2) is 30.3 Å². The molecule has 0 aliphatic heterocycles. The summed E-state index contributed by atoms with van der Waals surface area (Å²) in [6.07, 6.45) is 0. The van der Waals surface area contributed by atoms with Crippen LogP contribution in [0.4, 0.5) is 5.13 Å². The standard InChI is InChI=1S/C15H21N3OS/c1-14(2,3)12-16-13(20-18-12)17-15(4,10-19)11-8-6-5-7-9-11/h5-9,19H,10H2,1-4H3,(H,16,17,18). The summed E-state index contributed by atoms with van der Waals surface area (Å²) in [5.41, 5.74) is 0.393. The summed E-state index contributed by atoms with van der Waals surface area (Å²) in [7, 11) is 0. The number of benzene rings is 1. The maximum Gasteiger partial charge on any atom is 0.203 e. The van der Waals surface area contributed by atoms with Gasteiger partial charge >= 0.3 is 0 Å². The highest BCUT2D eigenvalue weighted by Gasteiger charge is 2.28. The smallest absolute Gasteiger partial charge is 0.203 e. The fourth-order valence-corrected chi connectivity index (χ4v) is 2.71. The molecule has 1 atom stereocenters. The molecule has 2 N–H and O–H groups in total. The molecule has 1 unspecified atom stereocenters. The first-order valence-electron chi connectivity index (χ1n) is 6.64. The number of hydrogen-bond acceptors (Lipinski definition) is 5. The molecule has 1 aromatic heterocycles. The van der Waals surface area contributed by atoms with Crippen molar-refractivity contribution in [1.29, 1.82) is 0 Å². The lowest BCUT2D eigenvalue weighted by Crippen LogP contribution is -2.35. The topological polar surface area (TPSA) is 58.0 Å². The van der Waals surface area contributed by atoms with Crippen molar-refractivity contribution in [2.75, 3.05) is 11.9 Å². The van der Waals surface area contributed by atoms with Crippen LogP contribution in [0.5, 0.6) is 0 Å². The Morgan fingerprint density at radius 2 is 1.80 bits per heavy atom. The summed E-state index contributed by atoms with van der Waals surface area (Å²) < 4.78 is 4.39. The van der Waals surface area contributed by atoms with E-state index in [1.807, 2.05) is 37.3 Å². The van der Waals surface area contributed by atoms with Crippen LogP contribution in [-0.2, 0) is 11.0 Å². The summed E-state index contributed by atoms with van der Waals surface area (Å²) >= 11 is 1.33. The fourth-order valence-electron chi connectivity index (χ4n) is 1.82. The van der Waals surface area contributed by atoms with Gasteiger partial charge in [-0.1, -0.05) is 51.1 Å². The first-order valence-corrected chi connectivity index (χ1v) is 7.41. The second-order valence-corrected chi connectivity index (χ2v) is 6.91. The van der Waals surface area contributed by atoms with E-state index in [9.17, 15) is 5.11 Å². The molecule has 0 spiro atoms. The first-order chi connectivity index (χ1) is 9.35. The van der Waals surface area contributed by atoms with Crippen molar-refractivity contribution >= 4 is 16.7 Å². The van der Waals surface area contributed by atoms with Gasteiger partial charge in [0.15, 0.2) is 0 Å². The summed E-state index contributed by atoms with van der Waals surface area (Å²) in [6.45, 7) is 8.20. The Morgan fingerprint density at radius 1 is 1.15 bits per heavy atom. The molecule has 108 valence electrons. The van der Waals surface area contributed by atoms with Gasteiger partial charge in [-0.15, -0.1) is 0 Å². The Labute approximate surface area is 124 Å². The van der Waals surface area contributed by atoms with E-state index < -0.39 is 5.54 Å². The molecule has 0 saturated carbocycles. The summed E-state index contributed by atoms with van der Waals surface area (Å²) in [4.78, 5) is 4.53. The molecule has 2 rings (SSSR count). The van der Waals surface area contributed by atoms with Crippen LogP contribution in [0.25, 0.3) is 0 Å². The number of aliphatic hydroxyl groups excluding tert-OH is 1. The highest BCUT2D eigenvalue weighted by Crippen LogP contribution is 2.29. The number of aromatic nitrogens is 2. The predicted octanol–water partition coefficient (Wildman–Crippen LogP) is 3.16. The Kier molecular flexibility index (Phi) is 4.11. The lowest BCUT2D eigenvalue weighted by Gasteiger charge is -2.28. The minimum Gasteiger partial charge on any atom is -0.394 e. The number of nitrogens with one attached hydrogen (secondary N) is 1. The van der Waals surface area contributed by atoms with Crippen molar-refractivity contribution in [2.24, 2.45) is 0 Å². The molecule has 0 aliphatic carbocycles. The number of aliphatic hydroxyl groups is 1. The predicted molar refractivity (Wildman–Crippen MR) is 83.1 cm³/mol. The number of nitrogens with zero attached hydrogens (tertiary/aromatic N) is 2. The maximum atomic E-state index is 9.76. The molecule has 1 aromatic carbocycles. The molecular weight excluding hydrogens is 270 g/mol. The van der Waals surface area contributed by atoms with Crippen LogP contribution < -0.4 is 5.32 Å². The summed E-state index contributed by atoms with van der Waals surface area (Å²) in [5.74, 6) is 0.818. The van der Waals surface area contributed by atoms with Crippen LogP contribution in [0.2, 0.25) is 0 Å². The van der Waals surface area contributed by atoms with E-state index in [0.29, 0.717) is 0 Å². The van der Waals surface area contributed by atoms with Crippen LogP contribution >= 0.6 is 11.5 Å². The Morgan fingerprint density at radius 3 is 2.30 bits per heavy atom. The second-order valence-electron chi connectivity index (χ2n) is 6.15. The molecule has 4 nitrogen and oxygen atoms in total. The van der Waals surface area contributed by atoms with Crippen molar-refractivity contribution in [3.8, 4) is 0 Å². The van der Waals surface area contributed by atoms with Gasteiger partial charge in [0, 0.05) is 16.9 Å². The lowest BCUT2D eigenvalue weighted by molar-refractivity contribution is 0.224. The van der Waals surface area contributed by atoms with E-state index in [2.05, 4.69) is 35.4 Å². The van der Waals surface area contributed by atoms with Crippen LogP contribution in [-0.4, -0.2) is 21.1 Å². The van der Waals surface area contributed by atoms with Gasteiger partial charge in [-0.3, -0.25) is 0 Å². The molecule has 2 aromatic rings. The van der Waals surface area contributed by atoms with E-state index in [4.69, 9.17) is 0 Å². The van der Waals surface area contributed by atoms with E-state index in [-0.39, 0.29) is 12.0 Å². The number of anilines is 1. The lowest BCUT2D eigenvalue weighted by atomic mass is 9.93. The zero-order chi connectivity index (χ0) is 14.8. The fraction of sp³-hybridized carbons (Fsp3) is 0.467. The Hall–Kier alpha value is -1.46. The highest BCUT2D eigenvalue weighted by molar-refractivity contribution is 7.09. The van der Waals surface area contributed by atoms with E-state index in [1.54, 1.807) is 0 Å². The molecule has 0 fully saturated rings. The van der Waals surface area contributed by atoms with Crippen molar-refractivity contribution < 1.29 is 5.11 Å². The van der Waals surface area contributed by atoms with Gasteiger partial charge in [-0.25, -0.2) is 4.98 Å². The number of hydrogen-bond donors (Lipinski definition) is 2. The van der Waals surface area contributed by atoms with Crippen LogP contribution in [0, 0.1) is 0 Å². The molecule has 0 radical (unpaired) electrons. The molecule has 0 aliphatic rings. The largest absolute Gasteiger partial charge is 0.394 e. The monoisotopic (exact) mass is 291 g/mol. The van der Waals surface area contributed by atoms with Gasteiger partial charge in [-0.05, 0) is 12.5 Å². The zero-order valence-corrected chi connectivity index (χ0v) is 13.2. The van der Waals surface area contributed by atoms with Gasteiger partial charge in [0.05, 0.1) is 12.1 Å². The Bertz CT molecular complexity index is 562. The molecular formula is C15H21N3OS. The SMILES string of the molecule is CC(C)(C)c1nsc(NC(C)(CO)c2ccccc2)n1. The molecule has 0 saturated heterocycles. The molecule has 0 amide bonds.